The number of hydrogen-bond donors (Lipinski definition) is 1. The number of benzene rings is 1. The molecule has 2 heteroatoms. The predicted molar refractivity (Wildman–Crippen MR) is 69.0 cm³/mol. The highest BCUT2D eigenvalue weighted by atomic mass is 16.5. The normalized spacial score (nSPS) is 10.7. The van der Waals surface area contributed by atoms with E-state index in [2.05, 4.69) is 37.4 Å². The summed E-state index contributed by atoms with van der Waals surface area (Å²) in [6, 6.07) is 6.70. The monoisotopic (exact) mass is 221 g/mol. The summed E-state index contributed by atoms with van der Waals surface area (Å²) in [4.78, 5) is 0. The fourth-order valence-electron chi connectivity index (χ4n) is 1.83. The van der Waals surface area contributed by atoms with E-state index in [4.69, 9.17) is 4.74 Å². The van der Waals surface area contributed by atoms with Crippen LogP contribution in [-0.2, 0) is 11.2 Å². The van der Waals surface area contributed by atoms with Crippen molar-refractivity contribution in [1.29, 1.82) is 0 Å². The lowest BCUT2D eigenvalue weighted by Gasteiger charge is -2.07. The Morgan fingerprint density at radius 2 is 2.00 bits per heavy atom. The molecule has 0 spiro atoms. The number of hydrogen-bond acceptors (Lipinski definition) is 2. The summed E-state index contributed by atoms with van der Waals surface area (Å²) in [5.41, 5.74) is 4.23. The minimum Gasteiger partial charge on any atom is -0.383 e. The Morgan fingerprint density at radius 3 is 2.69 bits per heavy atom. The van der Waals surface area contributed by atoms with E-state index < -0.39 is 0 Å². The smallest absolute Gasteiger partial charge is 0.0587 e. The van der Waals surface area contributed by atoms with Crippen molar-refractivity contribution in [2.45, 2.75) is 26.7 Å². The predicted octanol–water partition coefficient (Wildman–Crippen LogP) is 2.47. The Morgan fingerprint density at radius 1 is 1.19 bits per heavy atom. The summed E-state index contributed by atoms with van der Waals surface area (Å²) >= 11 is 0. The van der Waals surface area contributed by atoms with Crippen LogP contribution in [0.25, 0.3) is 0 Å². The molecule has 1 rings (SSSR count). The van der Waals surface area contributed by atoms with Crippen LogP contribution in [0.5, 0.6) is 0 Å². The quantitative estimate of drug-likeness (QED) is 0.714. The average molecular weight is 221 g/mol. The molecule has 1 aromatic carbocycles. The van der Waals surface area contributed by atoms with Crippen molar-refractivity contribution < 1.29 is 4.74 Å². The van der Waals surface area contributed by atoms with Gasteiger partial charge in [0.2, 0.25) is 0 Å². The molecule has 90 valence electrons. The van der Waals surface area contributed by atoms with E-state index in [0.29, 0.717) is 0 Å². The minimum absolute atomic E-state index is 0.795. The molecule has 0 heterocycles. The van der Waals surface area contributed by atoms with Gasteiger partial charge >= 0.3 is 0 Å². The second kappa shape index (κ2) is 7.42. The molecule has 0 atom stereocenters. The molecule has 0 aliphatic rings. The van der Waals surface area contributed by atoms with Crippen LogP contribution in [0.4, 0.5) is 0 Å². The van der Waals surface area contributed by atoms with Crippen molar-refractivity contribution in [3.05, 3.63) is 34.9 Å². The van der Waals surface area contributed by atoms with Crippen molar-refractivity contribution in [2.24, 2.45) is 0 Å². The van der Waals surface area contributed by atoms with Crippen LogP contribution >= 0.6 is 0 Å². The van der Waals surface area contributed by atoms with Gasteiger partial charge in [0.15, 0.2) is 0 Å². The van der Waals surface area contributed by atoms with E-state index in [-0.39, 0.29) is 0 Å². The maximum absolute atomic E-state index is 4.98. The molecule has 1 N–H and O–H groups in total. The summed E-state index contributed by atoms with van der Waals surface area (Å²) in [6.45, 7) is 7.15. The van der Waals surface area contributed by atoms with Crippen LogP contribution in [0.15, 0.2) is 18.2 Å². The zero-order chi connectivity index (χ0) is 11.8. The molecule has 0 unspecified atom stereocenters. The van der Waals surface area contributed by atoms with Crippen molar-refractivity contribution in [3.8, 4) is 0 Å². The molecule has 16 heavy (non-hydrogen) atoms. The van der Waals surface area contributed by atoms with Crippen molar-refractivity contribution >= 4 is 0 Å². The van der Waals surface area contributed by atoms with Crippen molar-refractivity contribution in [3.63, 3.8) is 0 Å². The summed E-state index contributed by atoms with van der Waals surface area (Å²) in [5.74, 6) is 0. The largest absolute Gasteiger partial charge is 0.383 e. The van der Waals surface area contributed by atoms with Gasteiger partial charge < -0.3 is 10.1 Å². The second-order valence-electron chi connectivity index (χ2n) is 4.28. The molecule has 0 aliphatic carbocycles. The van der Waals surface area contributed by atoms with E-state index in [1.165, 1.54) is 23.1 Å². The highest BCUT2D eigenvalue weighted by Gasteiger charge is 1.98. The minimum atomic E-state index is 0.795. The van der Waals surface area contributed by atoms with Crippen LogP contribution in [0.3, 0.4) is 0 Å². The summed E-state index contributed by atoms with van der Waals surface area (Å²) in [6.07, 6.45) is 2.35. The van der Waals surface area contributed by atoms with Gasteiger partial charge in [0.05, 0.1) is 6.61 Å². The van der Waals surface area contributed by atoms with E-state index in [1.54, 1.807) is 7.11 Å². The fourth-order valence-corrected chi connectivity index (χ4v) is 1.83. The third kappa shape index (κ3) is 4.77. The Bertz CT molecular complexity index is 310. The SMILES string of the molecule is COCCNCCCc1ccc(C)cc1C. The topological polar surface area (TPSA) is 21.3 Å². The Balaban J connectivity index is 2.21. The average Bonchev–Trinajstić information content (AvgIpc) is 2.26. The first kappa shape index (κ1) is 13.2. The lowest BCUT2D eigenvalue weighted by Crippen LogP contribution is -2.20. The Hall–Kier alpha value is -0.860. The van der Waals surface area contributed by atoms with E-state index in [1.807, 2.05) is 0 Å². The van der Waals surface area contributed by atoms with Crippen LogP contribution in [0.1, 0.15) is 23.1 Å². The summed E-state index contributed by atoms with van der Waals surface area (Å²) in [7, 11) is 1.73. The van der Waals surface area contributed by atoms with Crippen LogP contribution in [-0.4, -0.2) is 26.8 Å². The molecule has 2 nitrogen and oxygen atoms in total. The Labute approximate surface area is 99.0 Å². The van der Waals surface area contributed by atoms with Gasteiger partial charge in [-0.15, -0.1) is 0 Å². The molecule has 0 saturated heterocycles. The highest BCUT2D eigenvalue weighted by Crippen LogP contribution is 2.12. The molecule has 0 radical (unpaired) electrons. The first-order valence-corrected chi connectivity index (χ1v) is 6.00. The van der Waals surface area contributed by atoms with Crippen LogP contribution in [0.2, 0.25) is 0 Å². The molecular weight excluding hydrogens is 198 g/mol. The van der Waals surface area contributed by atoms with E-state index in [9.17, 15) is 0 Å². The van der Waals surface area contributed by atoms with Crippen LogP contribution < -0.4 is 5.32 Å². The van der Waals surface area contributed by atoms with Gasteiger partial charge in [0.25, 0.3) is 0 Å². The molecule has 0 fully saturated rings. The highest BCUT2D eigenvalue weighted by molar-refractivity contribution is 5.30. The third-order valence-electron chi connectivity index (χ3n) is 2.78. The van der Waals surface area contributed by atoms with E-state index in [0.717, 1.165) is 26.1 Å². The lowest BCUT2D eigenvalue weighted by atomic mass is 10.0. The van der Waals surface area contributed by atoms with Gasteiger partial charge in [-0.05, 0) is 44.4 Å². The molecule has 0 aliphatic heterocycles. The Kier molecular flexibility index (Phi) is 6.12. The molecule has 0 amide bonds. The van der Waals surface area contributed by atoms with Crippen LogP contribution in [0, 0.1) is 13.8 Å². The van der Waals surface area contributed by atoms with Gasteiger partial charge in [-0.2, -0.15) is 0 Å². The van der Waals surface area contributed by atoms with Crippen molar-refractivity contribution in [1.82, 2.24) is 5.32 Å². The number of nitrogens with one attached hydrogen (secondary N) is 1. The number of rotatable bonds is 7. The van der Waals surface area contributed by atoms with Gasteiger partial charge in [-0.3, -0.25) is 0 Å². The first-order chi connectivity index (χ1) is 7.74. The zero-order valence-corrected chi connectivity index (χ0v) is 10.7. The first-order valence-electron chi connectivity index (χ1n) is 6.00. The zero-order valence-electron chi connectivity index (χ0n) is 10.7. The number of aryl methyl sites for hydroxylation is 3. The molecule has 0 saturated carbocycles. The molecular formula is C14H23NO. The van der Waals surface area contributed by atoms with E-state index >= 15 is 0 Å². The molecule has 0 aromatic heterocycles. The molecule has 1 aromatic rings. The fraction of sp³-hybridized carbons (Fsp3) is 0.571. The van der Waals surface area contributed by atoms with Crippen molar-refractivity contribution in [2.75, 3.05) is 26.8 Å². The number of methoxy groups -OCH3 is 1. The van der Waals surface area contributed by atoms with Gasteiger partial charge in [0, 0.05) is 13.7 Å². The van der Waals surface area contributed by atoms with Gasteiger partial charge in [0.1, 0.15) is 0 Å². The maximum atomic E-state index is 4.98. The second-order valence-corrected chi connectivity index (χ2v) is 4.28. The van der Waals surface area contributed by atoms with Gasteiger partial charge in [-0.25, -0.2) is 0 Å². The number of ether oxygens (including phenoxy) is 1. The maximum Gasteiger partial charge on any atom is 0.0587 e. The van der Waals surface area contributed by atoms with Gasteiger partial charge in [-0.1, -0.05) is 23.8 Å². The standard InChI is InChI=1S/C14H23NO/c1-12-6-7-14(13(2)11-12)5-4-8-15-9-10-16-3/h6-7,11,15H,4-5,8-10H2,1-3H3. The third-order valence-corrected chi connectivity index (χ3v) is 2.78. The summed E-state index contributed by atoms with van der Waals surface area (Å²) < 4.78 is 4.98. The molecule has 0 bridgehead atoms. The summed E-state index contributed by atoms with van der Waals surface area (Å²) in [5, 5.41) is 3.36. The lowest BCUT2D eigenvalue weighted by molar-refractivity contribution is 0.199.